The number of nitrogens with one attached hydrogen (secondary N) is 2. The molecule has 4 aromatic carbocycles. The Balaban J connectivity index is 1.68. The maximum absolute atomic E-state index is 16.2. The quantitative estimate of drug-likeness (QED) is 0.154. The largest absolute Gasteiger partial charge is 0.457 e. The summed E-state index contributed by atoms with van der Waals surface area (Å²) in [5, 5.41) is 6.42. The summed E-state index contributed by atoms with van der Waals surface area (Å²) in [6.07, 6.45) is -6.16. The zero-order chi connectivity index (χ0) is 30.4. The van der Waals surface area contributed by atoms with Crippen molar-refractivity contribution < 1.29 is 26.3 Å². The van der Waals surface area contributed by atoms with Crippen LogP contribution in [0.2, 0.25) is 0 Å². The topological polar surface area (TPSA) is 27.3 Å². The summed E-state index contributed by atoms with van der Waals surface area (Å²) in [5.41, 5.74) is -3.87. The number of nitrogens with zero attached hydrogens (tertiary/aromatic N) is 1. The molecule has 0 saturated carbocycles. The maximum Gasteiger partial charge on any atom is 0.457 e. The van der Waals surface area contributed by atoms with Crippen molar-refractivity contribution in [1.29, 1.82) is 0 Å². The Morgan fingerprint density at radius 1 is 0.548 bits per heavy atom. The smallest absolute Gasteiger partial charge is 0.358 e. The lowest BCUT2D eigenvalue weighted by Gasteiger charge is -2.35. The Bertz CT molecular complexity index is 1430. The van der Waals surface area contributed by atoms with Crippen LogP contribution < -0.4 is 15.5 Å². The average molecular weight is 618 g/mol. The molecular weight excluding hydrogens is 592 g/mol. The first-order chi connectivity index (χ1) is 19.9. The van der Waals surface area contributed by atoms with E-state index in [1.165, 1.54) is 35.2 Å². The van der Waals surface area contributed by atoms with Crippen LogP contribution in [0.1, 0.15) is 22.3 Å². The summed E-state index contributed by atoms with van der Waals surface area (Å²) in [7, 11) is 0. The third-order valence-corrected chi connectivity index (χ3v) is 7.12. The Morgan fingerprint density at radius 2 is 0.929 bits per heavy atom. The third kappa shape index (κ3) is 6.57. The Kier molecular flexibility index (Phi) is 9.53. The Labute approximate surface area is 250 Å². The molecule has 4 aromatic rings. The zero-order valence-electron chi connectivity index (χ0n) is 21.9. The van der Waals surface area contributed by atoms with Crippen LogP contribution in [0, 0.1) is 0 Å². The fourth-order valence-corrected chi connectivity index (χ4v) is 4.86. The van der Waals surface area contributed by atoms with Gasteiger partial charge in [0.2, 0.25) is 5.67 Å². The number of halogens is 6. The van der Waals surface area contributed by atoms with Gasteiger partial charge >= 0.3 is 12.1 Å². The number of anilines is 1. The van der Waals surface area contributed by atoms with Gasteiger partial charge in [-0.15, -0.1) is 0 Å². The van der Waals surface area contributed by atoms with Gasteiger partial charge in [-0.3, -0.25) is 4.90 Å². The fourth-order valence-electron chi connectivity index (χ4n) is 4.26. The van der Waals surface area contributed by atoms with Crippen molar-refractivity contribution in [3.05, 3.63) is 138 Å². The second-order valence-corrected chi connectivity index (χ2v) is 10.0. The van der Waals surface area contributed by atoms with Crippen molar-refractivity contribution in [2.24, 2.45) is 0 Å². The van der Waals surface area contributed by atoms with E-state index in [-0.39, 0.29) is 15.9 Å². The highest BCUT2D eigenvalue weighted by atomic mass is 32.1. The normalized spacial score (nSPS) is 13.1. The molecule has 218 valence electrons. The molecule has 42 heavy (non-hydrogen) atoms. The molecule has 1 atom stereocenters. The van der Waals surface area contributed by atoms with Crippen molar-refractivity contribution in [2.75, 3.05) is 4.90 Å². The molecule has 0 amide bonds. The zero-order valence-corrected chi connectivity index (χ0v) is 23.5. The molecule has 0 spiro atoms. The van der Waals surface area contributed by atoms with Gasteiger partial charge in [-0.2, -0.15) is 22.0 Å². The lowest BCUT2D eigenvalue weighted by Crippen LogP contribution is -2.53. The number of rotatable bonds is 8. The predicted octanol–water partition coefficient (Wildman–Crippen LogP) is 8.05. The van der Waals surface area contributed by atoms with Gasteiger partial charge in [0.1, 0.15) is 0 Å². The standard InChI is InChI=1S/C31H25F6N3S2/c32-29(24-14-8-3-9-15-24,30(33,34)31(35,36)37)25-16-18-26(19-17-25)40(27(41)38-20-22-10-4-1-5-11-22)28(42)39-21-23-12-6-2-7-13-23/h1-19H,20-21H2,(H,38,41)(H,39,42). The van der Waals surface area contributed by atoms with E-state index in [0.717, 1.165) is 35.4 Å². The number of thiocarbonyl (C=S) groups is 2. The minimum absolute atomic E-state index is 0.132. The lowest BCUT2D eigenvalue weighted by atomic mass is 9.82. The van der Waals surface area contributed by atoms with Crippen LogP contribution in [0.5, 0.6) is 0 Å². The molecule has 0 aromatic heterocycles. The molecular formula is C31H25F6N3S2. The van der Waals surface area contributed by atoms with Crippen molar-refractivity contribution >= 4 is 40.3 Å². The highest BCUT2D eigenvalue weighted by Crippen LogP contribution is 2.54. The van der Waals surface area contributed by atoms with E-state index in [0.29, 0.717) is 13.1 Å². The van der Waals surface area contributed by atoms with Gasteiger partial charge in [-0.1, -0.05) is 103 Å². The summed E-state index contributed by atoms with van der Waals surface area (Å²) in [4.78, 5) is 1.39. The molecule has 1 unspecified atom stereocenters. The van der Waals surface area contributed by atoms with Gasteiger partial charge in [0.25, 0.3) is 0 Å². The van der Waals surface area contributed by atoms with Crippen LogP contribution in [0.4, 0.5) is 32.0 Å². The second-order valence-electron chi connectivity index (χ2n) is 9.27. The minimum Gasteiger partial charge on any atom is -0.358 e. The third-order valence-electron chi connectivity index (χ3n) is 6.46. The molecule has 0 radical (unpaired) electrons. The highest BCUT2D eigenvalue weighted by molar-refractivity contribution is 7.82. The first kappa shape index (κ1) is 31.0. The van der Waals surface area contributed by atoms with E-state index in [1.54, 1.807) is 0 Å². The first-order valence-electron chi connectivity index (χ1n) is 12.7. The van der Waals surface area contributed by atoms with Crippen LogP contribution in [-0.4, -0.2) is 22.3 Å². The van der Waals surface area contributed by atoms with Crippen LogP contribution >= 0.6 is 24.4 Å². The van der Waals surface area contributed by atoms with Crippen LogP contribution in [0.3, 0.4) is 0 Å². The van der Waals surface area contributed by atoms with Gasteiger partial charge in [0.05, 0.1) is 5.69 Å². The molecule has 0 aliphatic heterocycles. The SMILES string of the molecule is FC(F)(F)C(F)(F)C(F)(c1ccccc1)c1ccc(N(C(=S)NCc2ccccc2)C(=S)NCc2ccccc2)cc1. The summed E-state index contributed by atoms with van der Waals surface area (Å²) >= 11 is 11.2. The number of hydrogen-bond donors (Lipinski definition) is 2. The first-order valence-corrected chi connectivity index (χ1v) is 13.5. The molecule has 11 heteroatoms. The number of benzene rings is 4. The summed E-state index contributed by atoms with van der Waals surface area (Å²) in [6.45, 7) is 0.657. The Morgan fingerprint density at radius 3 is 1.33 bits per heavy atom. The maximum atomic E-state index is 16.2. The van der Waals surface area contributed by atoms with E-state index in [2.05, 4.69) is 10.6 Å². The molecule has 0 saturated heterocycles. The highest BCUT2D eigenvalue weighted by Gasteiger charge is 2.72. The monoisotopic (exact) mass is 617 g/mol. The van der Waals surface area contributed by atoms with E-state index in [1.807, 2.05) is 60.7 Å². The van der Waals surface area contributed by atoms with Gasteiger partial charge in [-0.05, 0) is 47.7 Å². The fraction of sp³-hybridized carbons (Fsp3) is 0.161. The molecule has 2 N–H and O–H groups in total. The summed E-state index contributed by atoms with van der Waals surface area (Å²) in [5.74, 6) is -5.73. The average Bonchev–Trinajstić information content (AvgIpc) is 3.00. The Hall–Kier alpha value is -3.96. The summed E-state index contributed by atoms with van der Waals surface area (Å²) in [6, 6.07) is 28.4. The van der Waals surface area contributed by atoms with E-state index >= 15 is 4.39 Å². The van der Waals surface area contributed by atoms with Crippen molar-refractivity contribution in [1.82, 2.24) is 10.6 Å². The molecule has 0 aliphatic rings. The second kappa shape index (κ2) is 12.9. The van der Waals surface area contributed by atoms with Crippen molar-refractivity contribution in [3.63, 3.8) is 0 Å². The predicted molar refractivity (Wildman–Crippen MR) is 160 cm³/mol. The lowest BCUT2D eigenvalue weighted by molar-refractivity contribution is -0.323. The minimum atomic E-state index is -6.16. The van der Waals surface area contributed by atoms with Crippen LogP contribution in [-0.2, 0) is 18.8 Å². The summed E-state index contributed by atoms with van der Waals surface area (Å²) < 4.78 is 86.4. The number of hydrogen-bond acceptors (Lipinski definition) is 2. The molecule has 4 rings (SSSR count). The molecule has 0 heterocycles. The molecule has 3 nitrogen and oxygen atoms in total. The van der Waals surface area contributed by atoms with Crippen molar-refractivity contribution in [3.8, 4) is 0 Å². The van der Waals surface area contributed by atoms with Crippen LogP contribution in [0.15, 0.2) is 115 Å². The van der Waals surface area contributed by atoms with Gasteiger partial charge in [0, 0.05) is 24.2 Å². The van der Waals surface area contributed by atoms with E-state index in [9.17, 15) is 22.0 Å². The van der Waals surface area contributed by atoms with Crippen molar-refractivity contribution in [2.45, 2.75) is 30.9 Å². The van der Waals surface area contributed by atoms with E-state index < -0.39 is 28.9 Å². The number of alkyl halides is 6. The molecule has 0 fully saturated rings. The van der Waals surface area contributed by atoms with E-state index in [4.69, 9.17) is 24.4 Å². The van der Waals surface area contributed by atoms with Gasteiger partial charge in [-0.25, -0.2) is 4.39 Å². The van der Waals surface area contributed by atoms with Gasteiger partial charge < -0.3 is 10.6 Å². The van der Waals surface area contributed by atoms with Crippen LogP contribution in [0.25, 0.3) is 0 Å². The molecule has 0 aliphatic carbocycles. The molecule has 0 bridgehead atoms. The van der Waals surface area contributed by atoms with Gasteiger partial charge in [0.15, 0.2) is 10.2 Å².